The summed E-state index contributed by atoms with van der Waals surface area (Å²) < 4.78 is 4.96. The number of pyridine rings is 1. The van der Waals surface area contributed by atoms with Crippen LogP contribution in [0.1, 0.15) is 34.9 Å². The van der Waals surface area contributed by atoms with Crippen LogP contribution in [0.4, 0.5) is 5.82 Å². The number of anilines is 1. The van der Waals surface area contributed by atoms with Crippen molar-refractivity contribution in [3.8, 4) is 0 Å². The SMILES string of the molecule is Cc1nc(CCN(C)c2cc(C(=O)N3CCCC3)ccn2)no1. The van der Waals surface area contributed by atoms with E-state index in [0.29, 0.717) is 30.2 Å². The summed E-state index contributed by atoms with van der Waals surface area (Å²) in [6.07, 6.45) is 4.54. The minimum absolute atomic E-state index is 0.0911. The van der Waals surface area contributed by atoms with E-state index in [0.717, 1.165) is 31.7 Å². The van der Waals surface area contributed by atoms with Gasteiger partial charge < -0.3 is 14.3 Å². The normalized spacial score (nSPS) is 14.3. The topological polar surface area (TPSA) is 75.4 Å². The smallest absolute Gasteiger partial charge is 0.254 e. The Kier molecular flexibility index (Phi) is 4.55. The van der Waals surface area contributed by atoms with Crippen LogP contribution < -0.4 is 4.90 Å². The van der Waals surface area contributed by atoms with Crippen LogP contribution in [0.3, 0.4) is 0 Å². The Morgan fingerprint density at radius 2 is 2.17 bits per heavy atom. The Balaban J connectivity index is 1.64. The van der Waals surface area contributed by atoms with E-state index in [1.807, 2.05) is 22.9 Å². The van der Waals surface area contributed by atoms with Gasteiger partial charge in [0, 0.05) is 51.8 Å². The molecular formula is C16H21N5O2. The third kappa shape index (κ3) is 3.67. The lowest BCUT2D eigenvalue weighted by atomic mass is 10.2. The van der Waals surface area contributed by atoms with E-state index in [2.05, 4.69) is 15.1 Å². The summed E-state index contributed by atoms with van der Waals surface area (Å²) in [7, 11) is 1.94. The predicted octanol–water partition coefficient (Wildman–Crippen LogP) is 1.69. The Morgan fingerprint density at radius 1 is 1.39 bits per heavy atom. The fourth-order valence-corrected chi connectivity index (χ4v) is 2.69. The molecule has 0 spiro atoms. The van der Waals surface area contributed by atoms with Crippen LogP contribution in [0, 0.1) is 6.92 Å². The lowest BCUT2D eigenvalue weighted by Crippen LogP contribution is -2.28. The maximum absolute atomic E-state index is 12.5. The average Bonchev–Trinajstić information content (AvgIpc) is 3.23. The fraction of sp³-hybridized carbons (Fsp3) is 0.500. The molecule has 7 heteroatoms. The van der Waals surface area contributed by atoms with Crippen molar-refractivity contribution >= 4 is 11.7 Å². The lowest BCUT2D eigenvalue weighted by molar-refractivity contribution is 0.0792. The minimum Gasteiger partial charge on any atom is -0.359 e. The number of carbonyl (C=O) groups is 1. The molecular weight excluding hydrogens is 294 g/mol. The average molecular weight is 315 g/mol. The summed E-state index contributed by atoms with van der Waals surface area (Å²) in [5.74, 6) is 2.11. The molecule has 3 heterocycles. The van der Waals surface area contributed by atoms with Gasteiger partial charge in [0.2, 0.25) is 5.89 Å². The standard InChI is InChI=1S/C16H21N5O2/c1-12-18-14(19-23-12)6-10-20(2)15-11-13(5-7-17-15)16(22)21-8-3-4-9-21/h5,7,11H,3-4,6,8-10H2,1-2H3. The van der Waals surface area contributed by atoms with Crippen molar-refractivity contribution < 1.29 is 9.32 Å². The second-order valence-electron chi connectivity index (χ2n) is 5.80. The van der Waals surface area contributed by atoms with Crippen LogP contribution >= 0.6 is 0 Å². The van der Waals surface area contributed by atoms with Gasteiger partial charge in [0.15, 0.2) is 5.82 Å². The Bertz CT molecular complexity index is 679. The highest BCUT2D eigenvalue weighted by Crippen LogP contribution is 2.16. The molecule has 0 unspecified atom stereocenters. The number of aromatic nitrogens is 3. The number of carbonyl (C=O) groups excluding carboxylic acids is 1. The van der Waals surface area contributed by atoms with Gasteiger partial charge in [0.1, 0.15) is 5.82 Å². The number of amides is 1. The summed E-state index contributed by atoms with van der Waals surface area (Å²) in [6, 6.07) is 3.63. The predicted molar refractivity (Wildman–Crippen MR) is 85.4 cm³/mol. The summed E-state index contributed by atoms with van der Waals surface area (Å²) in [5.41, 5.74) is 0.694. The van der Waals surface area contributed by atoms with Gasteiger partial charge in [-0.25, -0.2) is 4.98 Å². The first-order chi connectivity index (χ1) is 11.1. The second-order valence-corrected chi connectivity index (χ2v) is 5.80. The number of hydrogen-bond donors (Lipinski definition) is 0. The van der Waals surface area contributed by atoms with Gasteiger partial charge in [-0.15, -0.1) is 0 Å². The molecule has 0 saturated carbocycles. The quantitative estimate of drug-likeness (QED) is 0.836. The van der Waals surface area contributed by atoms with Crippen molar-refractivity contribution in [1.29, 1.82) is 0 Å². The summed E-state index contributed by atoms with van der Waals surface area (Å²) in [4.78, 5) is 24.9. The van der Waals surface area contributed by atoms with Crippen LogP contribution in [-0.4, -0.2) is 52.6 Å². The molecule has 1 fully saturated rings. The van der Waals surface area contributed by atoms with E-state index >= 15 is 0 Å². The molecule has 0 aliphatic carbocycles. The molecule has 7 nitrogen and oxygen atoms in total. The van der Waals surface area contributed by atoms with Crippen molar-refractivity contribution in [2.24, 2.45) is 0 Å². The van der Waals surface area contributed by atoms with Gasteiger partial charge in [-0.3, -0.25) is 4.79 Å². The van der Waals surface area contributed by atoms with Crippen LogP contribution in [0.25, 0.3) is 0 Å². The molecule has 0 radical (unpaired) electrons. The number of aryl methyl sites for hydroxylation is 1. The molecule has 1 amide bonds. The Labute approximate surface area is 135 Å². The van der Waals surface area contributed by atoms with Crippen LogP contribution in [0.15, 0.2) is 22.9 Å². The molecule has 0 N–H and O–H groups in total. The van der Waals surface area contributed by atoms with Crippen molar-refractivity contribution in [2.75, 3.05) is 31.6 Å². The van der Waals surface area contributed by atoms with Gasteiger partial charge >= 0.3 is 0 Å². The third-order valence-electron chi connectivity index (χ3n) is 4.02. The third-order valence-corrected chi connectivity index (χ3v) is 4.02. The van der Waals surface area contributed by atoms with Gasteiger partial charge in [-0.05, 0) is 25.0 Å². The van der Waals surface area contributed by atoms with E-state index in [4.69, 9.17) is 4.52 Å². The number of rotatable bonds is 5. The molecule has 3 rings (SSSR count). The minimum atomic E-state index is 0.0911. The maximum Gasteiger partial charge on any atom is 0.254 e. The maximum atomic E-state index is 12.5. The van der Waals surface area contributed by atoms with Crippen molar-refractivity contribution in [2.45, 2.75) is 26.2 Å². The highest BCUT2D eigenvalue weighted by molar-refractivity contribution is 5.95. The zero-order valence-corrected chi connectivity index (χ0v) is 13.5. The largest absolute Gasteiger partial charge is 0.359 e. The van der Waals surface area contributed by atoms with Gasteiger partial charge in [0.25, 0.3) is 5.91 Å². The molecule has 2 aromatic rings. The van der Waals surface area contributed by atoms with E-state index < -0.39 is 0 Å². The first kappa shape index (κ1) is 15.5. The Hall–Kier alpha value is -2.44. The second kappa shape index (κ2) is 6.76. The zero-order valence-electron chi connectivity index (χ0n) is 13.5. The monoisotopic (exact) mass is 315 g/mol. The van der Waals surface area contributed by atoms with Crippen molar-refractivity contribution in [3.63, 3.8) is 0 Å². The summed E-state index contributed by atoms with van der Waals surface area (Å²) in [6.45, 7) is 4.18. The molecule has 0 bridgehead atoms. The van der Waals surface area contributed by atoms with Crippen LogP contribution in [-0.2, 0) is 6.42 Å². The van der Waals surface area contributed by atoms with Crippen molar-refractivity contribution in [3.05, 3.63) is 35.6 Å². The molecule has 1 saturated heterocycles. The molecule has 23 heavy (non-hydrogen) atoms. The highest BCUT2D eigenvalue weighted by atomic mass is 16.5. The molecule has 1 aliphatic rings. The number of hydrogen-bond acceptors (Lipinski definition) is 6. The summed E-state index contributed by atoms with van der Waals surface area (Å²) >= 11 is 0. The van der Waals surface area contributed by atoms with E-state index in [1.165, 1.54) is 0 Å². The van der Waals surface area contributed by atoms with E-state index in [-0.39, 0.29) is 5.91 Å². The molecule has 2 aromatic heterocycles. The first-order valence-corrected chi connectivity index (χ1v) is 7.89. The van der Waals surface area contributed by atoms with Crippen LogP contribution in [0.2, 0.25) is 0 Å². The lowest BCUT2D eigenvalue weighted by Gasteiger charge is -2.19. The van der Waals surface area contributed by atoms with Crippen LogP contribution in [0.5, 0.6) is 0 Å². The van der Waals surface area contributed by atoms with Gasteiger partial charge in [-0.2, -0.15) is 4.98 Å². The number of nitrogens with zero attached hydrogens (tertiary/aromatic N) is 5. The van der Waals surface area contributed by atoms with Gasteiger partial charge in [-0.1, -0.05) is 5.16 Å². The van der Waals surface area contributed by atoms with Gasteiger partial charge in [0.05, 0.1) is 0 Å². The molecule has 1 aliphatic heterocycles. The first-order valence-electron chi connectivity index (χ1n) is 7.89. The molecule has 122 valence electrons. The van der Waals surface area contributed by atoms with E-state index in [9.17, 15) is 4.79 Å². The summed E-state index contributed by atoms with van der Waals surface area (Å²) in [5, 5.41) is 3.89. The van der Waals surface area contributed by atoms with E-state index in [1.54, 1.807) is 19.2 Å². The number of likely N-dealkylation sites (tertiary alicyclic amines) is 1. The van der Waals surface area contributed by atoms with Crippen molar-refractivity contribution in [1.82, 2.24) is 20.0 Å². The zero-order chi connectivity index (χ0) is 16.2. The molecule has 0 aromatic carbocycles. The molecule has 0 atom stereocenters. The number of likely N-dealkylation sites (N-methyl/N-ethyl adjacent to an activating group) is 1. The highest BCUT2D eigenvalue weighted by Gasteiger charge is 2.20. The fourth-order valence-electron chi connectivity index (χ4n) is 2.69. The Morgan fingerprint density at radius 3 is 2.87 bits per heavy atom.